The van der Waals surface area contributed by atoms with Gasteiger partial charge in [-0.3, -0.25) is 10.2 Å². The lowest BCUT2D eigenvalue weighted by molar-refractivity contribution is 0.0920. The first-order valence-electron chi connectivity index (χ1n) is 12.0. The van der Waals surface area contributed by atoms with Gasteiger partial charge < -0.3 is 19.1 Å². The molecule has 3 rings (SSSR count). The predicted octanol–water partition coefficient (Wildman–Crippen LogP) is 5.83. The Morgan fingerprint density at radius 1 is 1.09 bits per heavy atom. The number of halogens is 1. The highest BCUT2D eigenvalue weighted by molar-refractivity contribution is 6.07. The van der Waals surface area contributed by atoms with Crippen molar-refractivity contribution in [3.8, 4) is 11.5 Å². The minimum absolute atomic E-state index is 0.00362. The number of ether oxygens (including phenoxy) is 3. The van der Waals surface area contributed by atoms with E-state index in [1.165, 1.54) is 0 Å². The molecular formula is C28H37FN2O4. The van der Waals surface area contributed by atoms with Gasteiger partial charge in [0, 0.05) is 12.7 Å². The third-order valence-electron chi connectivity index (χ3n) is 6.41. The third kappa shape index (κ3) is 5.06. The maximum atomic E-state index is 15.6. The van der Waals surface area contributed by atoms with Gasteiger partial charge in [0.05, 0.1) is 37.5 Å². The summed E-state index contributed by atoms with van der Waals surface area (Å²) in [6.07, 6.45) is 0. The van der Waals surface area contributed by atoms with E-state index in [1.807, 2.05) is 32.9 Å². The fourth-order valence-electron chi connectivity index (χ4n) is 4.47. The molecule has 0 atom stereocenters. The molecule has 190 valence electrons. The summed E-state index contributed by atoms with van der Waals surface area (Å²) in [7, 11) is 1.62. The zero-order valence-electron chi connectivity index (χ0n) is 22.1. The number of amidine groups is 1. The van der Waals surface area contributed by atoms with E-state index in [9.17, 15) is 4.79 Å². The van der Waals surface area contributed by atoms with Crippen LogP contribution < -0.4 is 9.47 Å². The van der Waals surface area contributed by atoms with E-state index in [0.29, 0.717) is 30.1 Å². The van der Waals surface area contributed by atoms with Gasteiger partial charge in [0.25, 0.3) is 0 Å². The lowest BCUT2D eigenvalue weighted by atomic mass is 9.84. The van der Waals surface area contributed by atoms with Crippen molar-refractivity contribution in [1.29, 1.82) is 5.41 Å². The van der Waals surface area contributed by atoms with E-state index in [4.69, 9.17) is 19.6 Å². The highest BCUT2D eigenvalue weighted by atomic mass is 19.1. The van der Waals surface area contributed by atoms with Crippen LogP contribution >= 0.6 is 0 Å². The standard InChI is InChI=1S/C28H37FN2O4/c1-9-34-22-14-20-23(24(29)25(22)35-10-2)26(30)31(28(20,6)7)15-21(32)18-11-17(16-33-8)12-19(13-18)27(3,4)5/h11-14,30H,9-10,15-16H2,1-8H3. The lowest BCUT2D eigenvalue weighted by Gasteiger charge is -2.33. The van der Waals surface area contributed by atoms with Crippen molar-refractivity contribution in [3.05, 3.63) is 57.9 Å². The molecule has 2 aromatic carbocycles. The molecule has 0 unspecified atom stereocenters. The Kier molecular flexibility index (Phi) is 7.60. The second-order valence-corrected chi connectivity index (χ2v) is 10.3. The molecule has 0 bridgehead atoms. The Balaban J connectivity index is 2.02. The number of methoxy groups -OCH3 is 1. The third-order valence-corrected chi connectivity index (χ3v) is 6.41. The second-order valence-electron chi connectivity index (χ2n) is 10.3. The number of fused-ring (bicyclic) bond motifs is 1. The van der Waals surface area contributed by atoms with Gasteiger partial charge in [-0.2, -0.15) is 0 Å². The van der Waals surface area contributed by atoms with Crippen molar-refractivity contribution < 1.29 is 23.4 Å². The van der Waals surface area contributed by atoms with Gasteiger partial charge in [0.15, 0.2) is 23.1 Å². The molecule has 0 spiro atoms. The maximum Gasteiger partial charge on any atom is 0.197 e. The number of ketones is 1. The molecule has 1 aliphatic heterocycles. The Morgan fingerprint density at radius 3 is 2.31 bits per heavy atom. The number of nitrogens with one attached hydrogen (secondary N) is 1. The molecule has 7 heteroatoms. The predicted molar refractivity (Wildman–Crippen MR) is 135 cm³/mol. The van der Waals surface area contributed by atoms with E-state index in [0.717, 1.165) is 11.1 Å². The van der Waals surface area contributed by atoms with Crippen LogP contribution in [0.25, 0.3) is 0 Å². The van der Waals surface area contributed by atoms with Crippen LogP contribution in [0.5, 0.6) is 11.5 Å². The molecule has 35 heavy (non-hydrogen) atoms. The van der Waals surface area contributed by atoms with Crippen LogP contribution in [0.3, 0.4) is 0 Å². The minimum Gasteiger partial charge on any atom is -0.490 e. The first-order chi connectivity index (χ1) is 16.4. The van der Waals surface area contributed by atoms with Crippen LogP contribution in [0.15, 0.2) is 24.3 Å². The zero-order valence-corrected chi connectivity index (χ0v) is 22.1. The van der Waals surface area contributed by atoms with E-state index in [1.54, 1.807) is 25.0 Å². The van der Waals surface area contributed by atoms with Crippen molar-refractivity contribution >= 4 is 11.6 Å². The summed E-state index contributed by atoms with van der Waals surface area (Å²) in [5, 5.41) is 8.81. The number of hydrogen-bond donors (Lipinski definition) is 1. The van der Waals surface area contributed by atoms with Gasteiger partial charge in [-0.1, -0.05) is 26.8 Å². The van der Waals surface area contributed by atoms with Crippen molar-refractivity contribution in [2.24, 2.45) is 0 Å². The Hall–Kier alpha value is -2.93. The first kappa shape index (κ1) is 26.7. The average molecular weight is 485 g/mol. The first-order valence-corrected chi connectivity index (χ1v) is 12.0. The van der Waals surface area contributed by atoms with Crippen molar-refractivity contribution in [2.75, 3.05) is 26.9 Å². The molecule has 0 saturated carbocycles. The molecule has 0 fully saturated rings. The molecule has 0 radical (unpaired) electrons. The summed E-state index contributed by atoms with van der Waals surface area (Å²) in [4.78, 5) is 15.2. The molecular weight excluding hydrogens is 447 g/mol. The highest BCUT2D eigenvalue weighted by Crippen LogP contribution is 2.46. The number of carbonyl (C=O) groups is 1. The summed E-state index contributed by atoms with van der Waals surface area (Å²) in [6, 6.07) is 7.53. The number of Topliss-reactive ketones (excluding diaryl/α,β-unsaturated/α-hetero) is 1. The SMILES string of the molecule is CCOc1cc2c(c(F)c1OCC)C(=N)N(CC(=O)c1cc(COC)cc(C(C)(C)C)c1)C2(C)C. The lowest BCUT2D eigenvalue weighted by Crippen LogP contribution is -2.42. The topological polar surface area (TPSA) is 71.9 Å². The fraction of sp³-hybridized carbons (Fsp3) is 0.500. The van der Waals surface area contributed by atoms with E-state index >= 15 is 4.39 Å². The number of hydrogen-bond acceptors (Lipinski definition) is 5. The molecule has 0 aromatic heterocycles. The van der Waals surface area contributed by atoms with Gasteiger partial charge in [0.1, 0.15) is 5.84 Å². The molecule has 0 aliphatic carbocycles. The molecule has 0 amide bonds. The van der Waals surface area contributed by atoms with Gasteiger partial charge in [0.2, 0.25) is 0 Å². The van der Waals surface area contributed by atoms with E-state index in [2.05, 4.69) is 26.8 Å². The van der Waals surface area contributed by atoms with Crippen LogP contribution in [0.1, 0.15) is 81.1 Å². The summed E-state index contributed by atoms with van der Waals surface area (Å²) in [5.74, 6) is -0.498. The van der Waals surface area contributed by atoms with Crippen molar-refractivity contribution in [3.63, 3.8) is 0 Å². The fourth-order valence-corrected chi connectivity index (χ4v) is 4.47. The number of benzene rings is 2. The van der Waals surface area contributed by atoms with Crippen LogP contribution in [-0.4, -0.2) is 43.4 Å². The van der Waals surface area contributed by atoms with Gasteiger partial charge in [-0.25, -0.2) is 4.39 Å². The molecule has 6 nitrogen and oxygen atoms in total. The number of nitrogens with zero attached hydrogens (tertiary/aromatic N) is 1. The Morgan fingerprint density at radius 2 is 1.74 bits per heavy atom. The van der Waals surface area contributed by atoms with Crippen molar-refractivity contribution in [1.82, 2.24) is 4.90 Å². The summed E-state index contributed by atoms with van der Waals surface area (Å²) in [5.41, 5.74) is 2.30. The Labute approximate surface area is 207 Å². The molecule has 1 N–H and O–H groups in total. The molecule has 1 heterocycles. The van der Waals surface area contributed by atoms with Gasteiger partial charge in [-0.15, -0.1) is 0 Å². The number of carbonyl (C=O) groups excluding carboxylic acids is 1. The van der Waals surface area contributed by atoms with E-state index < -0.39 is 11.4 Å². The van der Waals surface area contributed by atoms with Crippen LogP contribution in [0.4, 0.5) is 4.39 Å². The van der Waals surface area contributed by atoms with Crippen LogP contribution in [0, 0.1) is 11.2 Å². The van der Waals surface area contributed by atoms with Gasteiger partial charge >= 0.3 is 0 Å². The minimum atomic E-state index is -0.795. The average Bonchev–Trinajstić information content (AvgIpc) is 2.96. The largest absolute Gasteiger partial charge is 0.490 e. The smallest absolute Gasteiger partial charge is 0.197 e. The molecule has 0 saturated heterocycles. The van der Waals surface area contributed by atoms with E-state index in [-0.39, 0.29) is 41.5 Å². The normalized spacial score (nSPS) is 14.8. The summed E-state index contributed by atoms with van der Waals surface area (Å²) in [6.45, 7) is 14.6. The van der Waals surface area contributed by atoms with Crippen LogP contribution in [0.2, 0.25) is 0 Å². The quantitative estimate of drug-likeness (QED) is 0.454. The van der Waals surface area contributed by atoms with Gasteiger partial charge in [-0.05, 0) is 68.0 Å². The Bertz CT molecular complexity index is 1130. The molecule has 2 aromatic rings. The zero-order chi connectivity index (χ0) is 26.1. The number of rotatable bonds is 9. The molecule has 1 aliphatic rings. The monoisotopic (exact) mass is 484 g/mol. The van der Waals surface area contributed by atoms with Crippen LogP contribution in [-0.2, 0) is 22.3 Å². The maximum absolute atomic E-state index is 15.6. The highest BCUT2D eigenvalue weighted by Gasteiger charge is 2.45. The van der Waals surface area contributed by atoms with Crippen molar-refractivity contribution in [2.45, 2.75) is 66.0 Å². The summed E-state index contributed by atoms with van der Waals surface area (Å²) < 4.78 is 32.1. The summed E-state index contributed by atoms with van der Waals surface area (Å²) >= 11 is 0. The second kappa shape index (κ2) is 9.97.